The number of hydrogen-bond acceptors (Lipinski definition) is 5. The highest BCUT2D eigenvalue weighted by atomic mass is 32.2. The Balaban J connectivity index is 2.32. The lowest BCUT2D eigenvalue weighted by Crippen LogP contribution is -2.22. The van der Waals surface area contributed by atoms with E-state index in [4.69, 9.17) is 5.73 Å². The van der Waals surface area contributed by atoms with Gasteiger partial charge in [-0.2, -0.15) is 0 Å². The molecule has 6 heteroatoms. The topological polar surface area (TPSA) is 83.6 Å². The Bertz CT molecular complexity index is 528. The van der Waals surface area contributed by atoms with Gasteiger partial charge in [0.15, 0.2) is 9.84 Å². The van der Waals surface area contributed by atoms with Gasteiger partial charge in [-0.05, 0) is 24.6 Å². The number of anilines is 2. The molecule has 0 amide bonds. The van der Waals surface area contributed by atoms with Gasteiger partial charge in [0.05, 0.1) is 22.4 Å². The van der Waals surface area contributed by atoms with E-state index in [0.29, 0.717) is 18.7 Å². The summed E-state index contributed by atoms with van der Waals surface area (Å²) in [6.07, 6.45) is 1.54. The van der Waals surface area contributed by atoms with E-state index in [1.165, 1.54) is 6.07 Å². The average Bonchev–Trinajstić information content (AvgIpc) is 2.63. The highest BCUT2D eigenvalue weighted by Crippen LogP contribution is 2.28. The van der Waals surface area contributed by atoms with Crippen LogP contribution in [0.25, 0.3) is 0 Å². The van der Waals surface area contributed by atoms with Crippen molar-refractivity contribution in [1.29, 1.82) is 0 Å². The maximum atomic E-state index is 11.4. The predicted molar refractivity (Wildman–Crippen MR) is 66.8 cm³/mol. The SMILES string of the molecule is CS(=O)(=O)c1ccc(N2CCC(O)C2)c(N)c1. The van der Waals surface area contributed by atoms with Gasteiger partial charge in [0.1, 0.15) is 0 Å². The number of benzene rings is 1. The summed E-state index contributed by atoms with van der Waals surface area (Å²) in [5, 5.41) is 9.46. The van der Waals surface area contributed by atoms with Crippen LogP contribution in [-0.2, 0) is 9.84 Å². The molecule has 0 saturated carbocycles. The zero-order chi connectivity index (χ0) is 12.6. The third kappa shape index (κ3) is 2.53. The molecule has 1 aromatic rings. The molecule has 5 nitrogen and oxygen atoms in total. The van der Waals surface area contributed by atoms with E-state index >= 15 is 0 Å². The first-order chi connectivity index (χ1) is 7.88. The van der Waals surface area contributed by atoms with Crippen molar-refractivity contribution in [3.63, 3.8) is 0 Å². The van der Waals surface area contributed by atoms with Gasteiger partial charge in [-0.3, -0.25) is 0 Å². The Kier molecular flexibility index (Phi) is 3.01. The minimum absolute atomic E-state index is 0.221. The lowest BCUT2D eigenvalue weighted by molar-refractivity contribution is 0.198. The summed E-state index contributed by atoms with van der Waals surface area (Å²) in [6.45, 7) is 1.28. The van der Waals surface area contributed by atoms with Crippen LogP contribution in [0.4, 0.5) is 11.4 Å². The molecular formula is C11H16N2O3S. The summed E-state index contributed by atoms with van der Waals surface area (Å²) >= 11 is 0. The van der Waals surface area contributed by atoms with Crippen LogP contribution in [0.1, 0.15) is 6.42 Å². The van der Waals surface area contributed by atoms with Crippen LogP contribution in [0.2, 0.25) is 0 Å². The molecule has 3 N–H and O–H groups in total. The maximum Gasteiger partial charge on any atom is 0.175 e. The molecule has 0 radical (unpaired) electrons. The third-order valence-corrected chi connectivity index (χ3v) is 4.04. The van der Waals surface area contributed by atoms with Crippen molar-refractivity contribution in [2.75, 3.05) is 30.0 Å². The molecule has 1 unspecified atom stereocenters. The van der Waals surface area contributed by atoms with Crippen LogP contribution in [0, 0.1) is 0 Å². The first kappa shape index (κ1) is 12.2. The molecule has 0 bridgehead atoms. The number of nitrogens with two attached hydrogens (primary N) is 1. The molecule has 1 saturated heterocycles. The van der Waals surface area contributed by atoms with Gasteiger partial charge < -0.3 is 15.7 Å². The van der Waals surface area contributed by atoms with Crippen molar-refractivity contribution in [2.45, 2.75) is 17.4 Å². The zero-order valence-corrected chi connectivity index (χ0v) is 10.4. The van der Waals surface area contributed by atoms with Crippen LogP contribution in [0.5, 0.6) is 0 Å². The number of aliphatic hydroxyl groups is 1. The molecule has 1 atom stereocenters. The van der Waals surface area contributed by atoms with Gasteiger partial charge in [-0.15, -0.1) is 0 Å². The summed E-state index contributed by atoms with van der Waals surface area (Å²) < 4.78 is 22.7. The van der Waals surface area contributed by atoms with Crippen molar-refractivity contribution in [2.24, 2.45) is 0 Å². The molecule has 1 aliphatic rings. The third-order valence-electron chi connectivity index (χ3n) is 2.93. The summed E-state index contributed by atoms with van der Waals surface area (Å²) in [7, 11) is -3.22. The van der Waals surface area contributed by atoms with E-state index in [0.717, 1.165) is 18.5 Å². The molecule has 1 aliphatic heterocycles. The number of hydrogen-bond donors (Lipinski definition) is 2. The maximum absolute atomic E-state index is 11.4. The van der Waals surface area contributed by atoms with Gasteiger partial charge in [0, 0.05) is 19.3 Å². The first-order valence-electron chi connectivity index (χ1n) is 5.40. The second-order valence-corrected chi connectivity index (χ2v) is 6.40. The van der Waals surface area contributed by atoms with E-state index < -0.39 is 9.84 Å². The minimum Gasteiger partial charge on any atom is -0.397 e. The lowest BCUT2D eigenvalue weighted by atomic mass is 10.2. The molecule has 2 rings (SSSR count). The Hall–Kier alpha value is -1.27. The second-order valence-electron chi connectivity index (χ2n) is 4.38. The fraction of sp³-hybridized carbons (Fsp3) is 0.455. The van der Waals surface area contributed by atoms with Crippen LogP contribution < -0.4 is 10.6 Å². The molecule has 1 heterocycles. The van der Waals surface area contributed by atoms with Gasteiger partial charge in [0.25, 0.3) is 0 Å². The van der Waals surface area contributed by atoms with Crippen molar-refractivity contribution >= 4 is 21.2 Å². The van der Waals surface area contributed by atoms with E-state index in [1.807, 2.05) is 4.90 Å². The molecule has 0 aliphatic carbocycles. The monoisotopic (exact) mass is 256 g/mol. The summed E-state index contributed by atoms with van der Waals surface area (Å²) in [4.78, 5) is 2.19. The quantitative estimate of drug-likeness (QED) is 0.741. The van der Waals surface area contributed by atoms with Crippen LogP contribution in [-0.4, -0.2) is 39.0 Å². The Morgan fingerprint density at radius 3 is 2.65 bits per heavy atom. The Labute approximate surface area is 101 Å². The van der Waals surface area contributed by atoms with Gasteiger partial charge in [-0.1, -0.05) is 0 Å². The van der Waals surface area contributed by atoms with Gasteiger partial charge in [-0.25, -0.2) is 8.42 Å². The highest BCUT2D eigenvalue weighted by Gasteiger charge is 2.22. The smallest absolute Gasteiger partial charge is 0.175 e. The normalized spacial score (nSPS) is 20.8. The highest BCUT2D eigenvalue weighted by molar-refractivity contribution is 7.90. The molecule has 1 aromatic carbocycles. The number of β-amino-alcohol motifs (C(OH)–C–C–N with tert-alkyl or cyclic N) is 1. The van der Waals surface area contributed by atoms with E-state index in [9.17, 15) is 13.5 Å². The predicted octanol–water partition coefficient (Wildman–Crippen LogP) is 0.243. The number of nitrogens with zero attached hydrogens (tertiary/aromatic N) is 1. The van der Waals surface area contributed by atoms with Crippen LogP contribution >= 0.6 is 0 Å². The Morgan fingerprint density at radius 2 is 2.18 bits per heavy atom. The largest absolute Gasteiger partial charge is 0.397 e. The average molecular weight is 256 g/mol. The van der Waals surface area contributed by atoms with Crippen molar-refractivity contribution in [3.05, 3.63) is 18.2 Å². The molecule has 17 heavy (non-hydrogen) atoms. The van der Waals surface area contributed by atoms with Crippen LogP contribution in [0.3, 0.4) is 0 Å². The standard InChI is InChI=1S/C11H16N2O3S/c1-17(15,16)9-2-3-11(10(12)6-9)13-5-4-8(14)7-13/h2-3,6,8,14H,4-5,7,12H2,1H3. The number of nitrogen functional groups attached to an aromatic ring is 1. The molecular weight excluding hydrogens is 240 g/mol. The summed E-state index contributed by atoms with van der Waals surface area (Å²) in [5.41, 5.74) is 7.07. The number of sulfone groups is 1. The van der Waals surface area contributed by atoms with Crippen LogP contribution in [0.15, 0.2) is 23.1 Å². The van der Waals surface area contributed by atoms with Crippen molar-refractivity contribution in [3.8, 4) is 0 Å². The molecule has 1 fully saturated rings. The molecule has 94 valence electrons. The zero-order valence-electron chi connectivity index (χ0n) is 9.63. The van der Waals surface area contributed by atoms with Crippen molar-refractivity contribution < 1.29 is 13.5 Å². The Morgan fingerprint density at radius 1 is 1.47 bits per heavy atom. The fourth-order valence-electron chi connectivity index (χ4n) is 2.01. The van der Waals surface area contributed by atoms with E-state index in [1.54, 1.807) is 12.1 Å². The fourth-order valence-corrected chi connectivity index (χ4v) is 2.67. The van der Waals surface area contributed by atoms with E-state index in [2.05, 4.69) is 0 Å². The van der Waals surface area contributed by atoms with Gasteiger partial charge in [0.2, 0.25) is 0 Å². The lowest BCUT2D eigenvalue weighted by Gasteiger charge is -2.20. The summed E-state index contributed by atoms with van der Waals surface area (Å²) in [5.74, 6) is 0. The van der Waals surface area contributed by atoms with Gasteiger partial charge >= 0.3 is 0 Å². The number of aliphatic hydroxyl groups excluding tert-OH is 1. The molecule has 0 aromatic heterocycles. The van der Waals surface area contributed by atoms with E-state index in [-0.39, 0.29) is 11.0 Å². The molecule has 0 spiro atoms. The summed E-state index contributed by atoms with van der Waals surface area (Å²) in [6, 6.07) is 4.71. The number of rotatable bonds is 2. The van der Waals surface area contributed by atoms with Crippen molar-refractivity contribution in [1.82, 2.24) is 0 Å². The first-order valence-corrected chi connectivity index (χ1v) is 7.29. The minimum atomic E-state index is -3.22. The second kappa shape index (κ2) is 4.19.